The zero-order valence-electron chi connectivity index (χ0n) is 26.2. The molecule has 2 N–H and O–H groups in total. The Labute approximate surface area is 277 Å². The second-order valence-corrected chi connectivity index (χ2v) is 11.6. The van der Waals surface area contributed by atoms with Crippen LogP contribution in [-0.2, 0) is 22.6 Å². The summed E-state index contributed by atoms with van der Waals surface area (Å²) in [5.74, 6) is -0.518. The number of nitrogens with one attached hydrogen (secondary N) is 2. The van der Waals surface area contributed by atoms with E-state index in [0.29, 0.717) is 48.0 Å². The first-order valence-electron chi connectivity index (χ1n) is 15.8. The average molecular weight is 646 g/mol. The lowest BCUT2D eigenvalue weighted by molar-refractivity contribution is 0.0761. The summed E-state index contributed by atoms with van der Waals surface area (Å²) in [5, 5.41) is 5.85. The van der Waals surface area contributed by atoms with Gasteiger partial charge < -0.3 is 19.2 Å². The van der Waals surface area contributed by atoms with Crippen molar-refractivity contribution in [2.75, 3.05) is 5.32 Å². The number of nitrogens with zero attached hydrogens (tertiary/aromatic N) is 1. The average Bonchev–Trinajstić information content (AvgIpc) is 3.42. The molecule has 244 valence electrons. The number of oxazole rings is 1. The third-order valence-electron chi connectivity index (χ3n) is 8.27. The highest BCUT2D eigenvalue weighted by Crippen LogP contribution is 2.30. The van der Waals surface area contributed by atoms with Crippen LogP contribution in [0.2, 0.25) is 0 Å². The first-order valence-corrected chi connectivity index (χ1v) is 15.8. The van der Waals surface area contributed by atoms with Crippen LogP contribution in [0.4, 0.5) is 15.3 Å². The monoisotopic (exact) mass is 645 g/mol. The first kappa shape index (κ1) is 32.1. The molecule has 5 aromatic rings. The van der Waals surface area contributed by atoms with Crippen molar-refractivity contribution in [3.05, 3.63) is 130 Å². The van der Waals surface area contributed by atoms with E-state index < -0.39 is 17.9 Å². The predicted octanol–water partition coefficient (Wildman–Crippen LogP) is 7.57. The minimum absolute atomic E-state index is 0.0488. The van der Waals surface area contributed by atoms with Gasteiger partial charge in [-0.25, -0.2) is 14.4 Å². The van der Waals surface area contributed by atoms with Crippen molar-refractivity contribution in [2.45, 2.75) is 51.0 Å². The Morgan fingerprint density at radius 1 is 0.854 bits per heavy atom. The van der Waals surface area contributed by atoms with Crippen LogP contribution >= 0.6 is 0 Å². The van der Waals surface area contributed by atoms with Gasteiger partial charge >= 0.3 is 17.9 Å². The molecule has 1 fully saturated rings. The van der Waals surface area contributed by atoms with E-state index in [-0.39, 0.29) is 25.3 Å². The Bertz CT molecular complexity index is 1970. The zero-order chi connectivity index (χ0) is 33.3. The molecule has 48 heavy (non-hydrogen) atoms. The van der Waals surface area contributed by atoms with E-state index in [9.17, 15) is 19.2 Å². The molecule has 0 bridgehead atoms. The SMILES string of the molecule is O=Cc1ccc2oc(=O)n(C/C=C/c3ccc(-c4ccccc4)c(NC(=O)OC4CCC(NC(=O)OCc5ccccc5)CC4)c3)c2c1. The smallest absolute Gasteiger partial charge is 0.420 e. The molecular formula is C38H35N3O7. The summed E-state index contributed by atoms with van der Waals surface area (Å²) in [5.41, 5.74) is 5.43. The molecule has 1 aliphatic carbocycles. The standard InChI is InChI=1S/C38H35N3O7/c42-24-28-14-20-35-34(23-28)41(38(45)48-35)21-7-10-26-13-19-32(29-11-5-2-6-12-29)33(22-26)40-37(44)47-31-17-15-30(16-18-31)39-36(43)46-25-27-8-3-1-4-9-27/h1-14,19-20,22-24,30-31H,15-18,21,25H2,(H,39,43)(H,40,44)/b10-7+. The highest BCUT2D eigenvalue weighted by Gasteiger charge is 2.26. The number of anilines is 1. The third-order valence-corrected chi connectivity index (χ3v) is 8.27. The van der Waals surface area contributed by atoms with E-state index in [2.05, 4.69) is 10.6 Å². The molecule has 6 rings (SSSR count). The largest absolute Gasteiger partial charge is 0.446 e. The molecule has 1 saturated carbocycles. The number of aldehydes is 1. The van der Waals surface area contributed by atoms with Gasteiger partial charge in [0.05, 0.1) is 11.2 Å². The number of benzene rings is 4. The Hall–Kier alpha value is -5.90. The Morgan fingerprint density at radius 3 is 2.33 bits per heavy atom. The van der Waals surface area contributed by atoms with Crippen molar-refractivity contribution in [1.29, 1.82) is 0 Å². The summed E-state index contributed by atoms with van der Waals surface area (Å²) in [7, 11) is 0. The van der Waals surface area contributed by atoms with Gasteiger partial charge in [-0.1, -0.05) is 84.9 Å². The number of ether oxygens (including phenoxy) is 2. The summed E-state index contributed by atoms with van der Waals surface area (Å²) < 4.78 is 17.9. The van der Waals surface area contributed by atoms with Crippen molar-refractivity contribution in [3.63, 3.8) is 0 Å². The number of fused-ring (bicyclic) bond motifs is 1. The summed E-state index contributed by atoms with van der Waals surface area (Å²) in [6.45, 7) is 0.430. The number of rotatable bonds is 10. The topological polar surface area (TPSA) is 129 Å². The van der Waals surface area contributed by atoms with E-state index in [0.717, 1.165) is 28.5 Å². The van der Waals surface area contributed by atoms with Gasteiger partial charge in [-0.3, -0.25) is 14.7 Å². The van der Waals surface area contributed by atoms with Gasteiger partial charge in [0.25, 0.3) is 0 Å². The third kappa shape index (κ3) is 8.08. The molecule has 0 unspecified atom stereocenters. The maximum absolute atomic E-state index is 13.1. The molecule has 10 nitrogen and oxygen atoms in total. The minimum Gasteiger partial charge on any atom is -0.446 e. The van der Waals surface area contributed by atoms with Crippen LogP contribution < -0.4 is 16.4 Å². The molecule has 10 heteroatoms. The van der Waals surface area contributed by atoms with Crippen LogP contribution in [0, 0.1) is 0 Å². The number of alkyl carbamates (subject to hydrolysis) is 1. The van der Waals surface area contributed by atoms with Crippen molar-refractivity contribution in [2.24, 2.45) is 0 Å². The number of allylic oxidation sites excluding steroid dienone is 1. The molecule has 1 aliphatic rings. The van der Waals surface area contributed by atoms with Crippen molar-refractivity contribution in [1.82, 2.24) is 9.88 Å². The number of carbonyl (C=O) groups excluding carboxylic acids is 3. The quantitative estimate of drug-likeness (QED) is 0.150. The van der Waals surface area contributed by atoms with Crippen LogP contribution in [-0.4, -0.2) is 35.2 Å². The molecule has 0 atom stereocenters. The van der Waals surface area contributed by atoms with Crippen LogP contribution in [0.25, 0.3) is 28.3 Å². The van der Waals surface area contributed by atoms with Crippen LogP contribution in [0.3, 0.4) is 0 Å². The lowest BCUT2D eigenvalue weighted by atomic mass is 9.93. The molecule has 0 saturated heterocycles. The number of hydrogen-bond donors (Lipinski definition) is 2. The van der Waals surface area contributed by atoms with E-state index in [1.165, 1.54) is 4.57 Å². The van der Waals surface area contributed by atoms with Gasteiger partial charge in [0.1, 0.15) is 19.0 Å². The van der Waals surface area contributed by atoms with Gasteiger partial charge in [-0.15, -0.1) is 0 Å². The molecule has 1 aromatic heterocycles. The van der Waals surface area contributed by atoms with E-state index in [1.807, 2.05) is 91.0 Å². The van der Waals surface area contributed by atoms with Gasteiger partial charge in [0.2, 0.25) is 0 Å². The number of carbonyl (C=O) groups is 3. The molecule has 0 spiro atoms. The molecular weight excluding hydrogens is 610 g/mol. The lowest BCUT2D eigenvalue weighted by Crippen LogP contribution is -2.40. The highest BCUT2D eigenvalue weighted by molar-refractivity contribution is 5.92. The zero-order valence-corrected chi connectivity index (χ0v) is 26.2. The Morgan fingerprint density at radius 2 is 1.58 bits per heavy atom. The summed E-state index contributed by atoms with van der Waals surface area (Å²) in [6.07, 6.45) is 5.64. The molecule has 1 heterocycles. The fourth-order valence-corrected chi connectivity index (χ4v) is 5.81. The Balaban J connectivity index is 1.07. The van der Waals surface area contributed by atoms with E-state index >= 15 is 0 Å². The predicted molar refractivity (Wildman–Crippen MR) is 183 cm³/mol. The highest BCUT2D eigenvalue weighted by atomic mass is 16.6. The summed E-state index contributed by atoms with van der Waals surface area (Å²) in [4.78, 5) is 49.1. The summed E-state index contributed by atoms with van der Waals surface area (Å²) in [6, 6.07) is 29.7. The summed E-state index contributed by atoms with van der Waals surface area (Å²) >= 11 is 0. The van der Waals surface area contributed by atoms with Crippen LogP contribution in [0.15, 0.2) is 112 Å². The van der Waals surface area contributed by atoms with Crippen molar-refractivity contribution < 1.29 is 28.3 Å². The van der Waals surface area contributed by atoms with Crippen LogP contribution in [0.5, 0.6) is 0 Å². The van der Waals surface area contributed by atoms with Gasteiger partial charge in [0, 0.05) is 23.7 Å². The maximum Gasteiger partial charge on any atom is 0.420 e. The van der Waals surface area contributed by atoms with E-state index in [1.54, 1.807) is 18.2 Å². The van der Waals surface area contributed by atoms with Crippen LogP contribution in [0.1, 0.15) is 47.2 Å². The fourth-order valence-electron chi connectivity index (χ4n) is 5.81. The number of amides is 2. The molecule has 0 aliphatic heterocycles. The minimum atomic E-state index is -0.561. The van der Waals surface area contributed by atoms with Crippen molar-refractivity contribution >= 4 is 41.3 Å². The number of aromatic nitrogens is 1. The fraction of sp³-hybridized carbons (Fsp3) is 0.211. The lowest BCUT2D eigenvalue weighted by Gasteiger charge is -2.28. The second-order valence-electron chi connectivity index (χ2n) is 11.6. The van der Waals surface area contributed by atoms with Gasteiger partial charge in [0.15, 0.2) is 5.58 Å². The molecule has 4 aromatic carbocycles. The van der Waals surface area contributed by atoms with Gasteiger partial charge in [-0.05, 0) is 66.6 Å². The number of hydrogen-bond acceptors (Lipinski definition) is 7. The first-order chi connectivity index (χ1) is 23.4. The van der Waals surface area contributed by atoms with Crippen molar-refractivity contribution in [3.8, 4) is 11.1 Å². The maximum atomic E-state index is 13.1. The van der Waals surface area contributed by atoms with E-state index in [4.69, 9.17) is 13.9 Å². The second kappa shape index (κ2) is 15.1. The molecule has 0 radical (unpaired) electrons. The molecule has 2 amide bonds. The van der Waals surface area contributed by atoms with Gasteiger partial charge in [-0.2, -0.15) is 0 Å². The Kier molecular flexibility index (Phi) is 10.1. The normalized spacial score (nSPS) is 16.0.